The van der Waals surface area contributed by atoms with Gasteiger partial charge in [0.15, 0.2) is 5.96 Å². The standard InChI is InChI=1S/C18H29N3OS/c1-5-19-17(21-13-18(3)9-6-10-23-18)20-12-15-7-8-16(22-4)14(2)11-15/h7-8,11H,5-6,9-10,12-13H2,1-4H3,(H2,19,20,21). The molecule has 0 amide bonds. The van der Waals surface area contributed by atoms with E-state index in [1.54, 1.807) is 7.11 Å². The molecule has 128 valence electrons. The molecule has 4 nitrogen and oxygen atoms in total. The fourth-order valence-corrected chi connectivity index (χ4v) is 4.04. The smallest absolute Gasteiger partial charge is 0.191 e. The summed E-state index contributed by atoms with van der Waals surface area (Å²) in [5, 5.41) is 6.84. The fraction of sp³-hybridized carbons (Fsp3) is 0.611. The van der Waals surface area contributed by atoms with Gasteiger partial charge in [-0.25, -0.2) is 4.99 Å². The molecule has 1 aliphatic rings. The minimum absolute atomic E-state index is 0.340. The molecule has 23 heavy (non-hydrogen) atoms. The van der Waals surface area contributed by atoms with E-state index >= 15 is 0 Å². The lowest BCUT2D eigenvalue weighted by Gasteiger charge is -2.24. The predicted molar refractivity (Wildman–Crippen MR) is 101 cm³/mol. The van der Waals surface area contributed by atoms with Crippen LogP contribution in [0.5, 0.6) is 5.75 Å². The van der Waals surface area contributed by atoms with Crippen LogP contribution < -0.4 is 15.4 Å². The molecule has 1 unspecified atom stereocenters. The lowest BCUT2D eigenvalue weighted by molar-refractivity contribution is 0.411. The summed E-state index contributed by atoms with van der Waals surface area (Å²) in [6, 6.07) is 6.23. The van der Waals surface area contributed by atoms with E-state index in [1.165, 1.54) is 24.2 Å². The zero-order chi connectivity index (χ0) is 16.7. The molecule has 5 heteroatoms. The van der Waals surface area contributed by atoms with E-state index in [-0.39, 0.29) is 0 Å². The van der Waals surface area contributed by atoms with Crippen molar-refractivity contribution >= 4 is 17.7 Å². The van der Waals surface area contributed by atoms with Gasteiger partial charge in [-0.3, -0.25) is 0 Å². The first-order valence-electron chi connectivity index (χ1n) is 8.36. The maximum Gasteiger partial charge on any atom is 0.191 e. The molecule has 1 atom stereocenters. The number of hydrogen-bond acceptors (Lipinski definition) is 3. The third kappa shape index (κ3) is 5.34. The van der Waals surface area contributed by atoms with E-state index in [0.29, 0.717) is 11.3 Å². The monoisotopic (exact) mass is 335 g/mol. The van der Waals surface area contributed by atoms with Gasteiger partial charge in [-0.1, -0.05) is 12.1 Å². The molecule has 1 aromatic carbocycles. The average molecular weight is 336 g/mol. The molecule has 0 bridgehead atoms. The van der Waals surface area contributed by atoms with Crippen LogP contribution >= 0.6 is 11.8 Å². The second kappa shape index (κ2) is 8.48. The van der Waals surface area contributed by atoms with Crippen LogP contribution in [0.1, 0.15) is 37.8 Å². The number of ether oxygens (including phenoxy) is 1. The summed E-state index contributed by atoms with van der Waals surface area (Å²) in [4.78, 5) is 4.72. The summed E-state index contributed by atoms with van der Waals surface area (Å²) in [6.07, 6.45) is 2.60. The minimum Gasteiger partial charge on any atom is -0.496 e. The predicted octanol–water partition coefficient (Wildman–Crippen LogP) is 3.34. The first kappa shape index (κ1) is 18.0. The number of aliphatic imine (C=N–C) groups is 1. The molecular weight excluding hydrogens is 306 g/mol. The molecule has 1 aliphatic heterocycles. The first-order valence-corrected chi connectivity index (χ1v) is 9.34. The third-order valence-corrected chi connectivity index (χ3v) is 5.69. The SMILES string of the molecule is CCNC(=NCc1ccc(OC)c(C)c1)NCC1(C)CCCS1. The Bertz CT molecular complexity index is 539. The van der Waals surface area contributed by atoms with E-state index < -0.39 is 0 Å². The molecule has 1 aromatic rings. The van der Waals surface area contributed by atoms with Crippen molar-refractivity contribution in [3.8, 4) is 5.75 Å². The summed E-state index contributed by atoms with van der Waals surface area (Å²) < 4.78 is 5.65. The summed E-state index contributed by atoms with van der Waals surface area (Å²) in [7, 11) is 1.70. The van der Waals surface area contributed by atoms with Crippen LogP contribution in [-0.4, -0.2) is 36.7 Å². The third-order valence-electron chi connectivity index (χ3n) is 4.15. The molecule has 1 saturated heterocycles. The second-order valence-electron chi connectivity index (χ2n) is 6.25. The Balaban J connectivity index is 1.96. The number of thioether (sulfide) groups is 1. The van der Waals surface area contributed by atoms with Gasteiger partial charge in [-0.05, 0) is 56.6 Å². The molecule has 0 radical (unpaired) electrons. The number of nitrogens with zero attached hydrogens (tertiary/aromatic N) is 1. The zero-order valence-electron chi connectivity index (χ0n) is 14.7. The minimum atomic E-state index is 0.340. The second-order valence-corrected chi connectivity index (χ2v) is 7.94. The van der Waals surface area contributed by atoms with Crippen molar-refractivity contribution < 1.29 is 4.74 Å². The Hall–Kier alpha value is -1.36. The molecule has 1 heterocycles. The number of aryl methyl sites for hydroxylation is 1. The molecule has 2 N–H and O–H groups in total. The van der Waals surface area contributed by atoms with Crippen molar-refractivity contribution in [2.24, 2.45) is 4.99 Å². The lowest BCUT2D eigenvalue weighted by Crippen LogP contribution is -2.43. The maximum absolute atomic E-state index is 5.31. The Kier molecular flexibility index (Phi) is 6.63. The number of rotatable bonds is 6. The van der Waals surface area contributed by atoms with Crippen molar-refractivity contribution in [3.05, 3.63) is 29.3 Å². The van der Waals surface area contributed by atoms with Gasteiger partial charge in [0, 0.05) is 17.8 Å². The molecule has 0 aromatic heterocycles. The Morgan fingerprint density at radius 1 is 1.39 bits per heavy atom. The quantitative estimate of drug-likeness (QED) is 0.618. The zero-order valence-corrected chi connectivity index (χ0v) is 15.6. The highest BCUT2D eigenvalue weighted by Crippen LogP contribution is 2.36. The maximum atomic E-state index is 5.31. The van der Waals surface area contributed by atoms with Gasteiger partial charge >= 0.3 is 0 Å². The number of nitrogens with one attached hydrogen (secondary N) is 2. The van der Waals surface area contributed by atoms with Gasteiger partial charge in [0.25, 0.3) is 0 Å². The van der Waals surface area contributed by atoms with Crippen molar-refractivity contribution in [2.45, 2.75) is 44.9 Å². The topological polar surface area (TPSA) is 45.7 Å². The van der Waals surface area contributed by atoms with Crippen molar-refractivity contribution in [1.82, 2.24) is 10.6 Å². The molecular formula is C18H29N3OS. The van der Waals surface area contributed by atoms with Crippen molar-refractivity contribution in [1.29, 1.82) is 0 Å². The van der Waals surface area contributed by atoms with Crippen molar-refractivity contribution in [2.75, 3.05) is 26.0 Å². The lowest BCUT2D eigenvalue weighted by atomic mass is 10.1. The van der Waals surface area contributed by atoms with Crippen LogP contribution in [0, 0.1) is 6.92 Å². The molecule has 0 aliphatic carbocycles. The Morgan fingerprint density at radius 3 is 2.83 bits per heavy atom. The van der Waals surface area contributed by atoms with E-state index in [4.69, 9.17) is 9.73 Å². The van der Waals surface area contributed by atoms with E-state index in [0.717, 1.165) is 30.4 Å². The highest BCUT2D eigenvalue weighted by atomic mass is 32.2. The van der Waals surface area contributed by atoms with E-state index in [1.807, 2.05) is 6.07 Å². The number of hydrogen-bond donors (Lipinski definition) is 2. The highest BCUT2D eigenvalue weighted by molar-refractivity contribution is 8.00. The number of benzene rings is 1. The molecule has 0 spiro atoms. The van der Waals surface area contributed by atoms with Crippen molar-refractivity contribution in [3.63, 3.8) is 0 Å². The van der Waals surface area contributed by atoms with Gasteiger partial charge in [0.1, 0.15) is 5.75 Å². The number of methoxy groups -OCH3 is 1. The summed E-state index contributed by atoms with van der Waals surface area (Å²) in [6.45, 7) is 9.01. The van der Waals surface area contributed by atoms with Crippen LogP contribution in [0.2, 0.25) is 0 Å². The van der Waals surface area contributed by atoms with Crippen LogP contribution in [0.15, 0.2) is 23.2 Å². The normalized spacial score (nSPS) is 21.3. The largest absolute Gasteiger partial charge is 0.496 e. The summed E-state index contributed by atoms with van der Waals surface area (Å²) in [5.41, 5.74) is 2.34. The van der Waals surface area contributed by atoms with E-state index in [9.17, 15) is 0 Å². The molecule has 0 saturated carbocycles. The van der Waals surface area contributed by atoms with Crippen LogP contribution in [0.4, 0.5) is 0 Å². The molecule has 1 fully saturated rings. The van der Waals surface area contributed by atoms with Gasteiger partial charge in [-0.15, -0.1) is 0 Å². The molecule has 2 rings (SSSR count). The average Bonchev–Trinajstić information content (AvgIpc) is 2.97. The van der Waals surface area contributed by atoms with Crippen LogP contribution in [-0.2, 0) is 6.54 Å². The van der Waals surface area contributed by atoms with Crippen LogP contribution in [0.3, 0.4) is 0 Å². The number of guanidine groups is 1. The van der Waals surface area contributed by atoms with Gasteiger partial charge < -0.3 is 15.4 Å². The van der Waals surface area contributed by atoms with Gasteiger partial charge in [-0.2, -0.15) is 11.8 Å². The Labute approximate surface area is 144 Å². The van der Waals surface area contributed by atoms with Crippen LogP contribution in [0.25, 0.3) is 0 Å². The van der Waals surface area contributed by atoms with E-state index in [2.05, 4.69) is 55.3 Å². The summed E-state index contributed by atoms with van der Waals surface area (Å²) in [5.74, 6) is 3.10. The van der Waals surface area contributed by atoms with Gasteiger partial charge in [0.05, 0.1) is 13.7 Å². The highest BCUT2D eigenvalue weighted by Gasteiger charge is 2.29. The van der Waals surface area contributed by atoms with Gasteiger partial charge in [0.2, 0.25) is 0 Å². The summed E-state index contributed by atoms with van der Waals surface area (Å²) >= 11 is 2.07. The Morgan fingerprint density at radius 2 is 2.22 bits per heavy atom. The first-order chi connectivity index (χ1) is 11.1. The fourth-order valence-electron chi connectivity index (χ4n) is 2.80.